The molecule has 1 aromatic heterocycles. The highest BCUT2D eigenvalue weighted by molar-refractivity contribution is 5.85. The first kappa shape index (κ1) is 14.1. The lowest BCUT2D eigenvalue weighted by Gasteiger charge is -2.26. The third kappa shape index (κ3) is 2.48. The molecule has 0 unspecified atom stereocenters. The molecule has 0 amide bonds. The van der Waals surface area contributed by atoms with Crippen molar-refractivity contribution < 1.29 is 0 Å². The Labute approximate surface area is 109 Å². The molecule has 2 N–H and O–H groups in total. The molecule has 0 radical (unpaired) electrons. The molecule has 94 valence electrons. The summed E-state index contributed by atoms with van der Waals surface area (Å²) in [5.41, 5.74) is 8.91. The Bertz CT molecular complexity index is 508. The van der Waals surface area contributed by atoms with Gasteiger partial charge in [-0.1, -0.05) is 39.0 Å². The quantitative estimate of drug-likeness (QED) is 0.825. The average Bonchev–Trinajstić information content (AvgIpc) is 2.55. The van der Waals surface area contributed by atoms with Gasteiger partial charge in [-0.25, -0.2) is 0 Å². The number of fused-ring (bicyclic) bond motifs is 1. The topological polar surface area (TPSA) is 30.9 Å². The number of benzene rings is 1. The minimum atomic E-state index is 0. The second kappa shape index (κ2) is 4.71. The van der Waals surface area contributed by atoms with Gasteiger partial charge in [-0.15, -0.1) is 12.4 Å². The summed E-state index contributed by atoms with van der Waals surface area (Å²) < 4.78 is 2.15. The number of aromatic nitrogens is 1. The van der Waals surface area contributed by atoms with Crippen LogP contribution in [0.3, 0.4) is 0 Å². The molecule has 3 heteroatoms. The maximum Gasteiger partial charge on any atom is 0.0481 e. The first-order valence-electron chi connectivity index (χ1n) is 5.71. The summed E-state index contributed by atoms with van der Waals surface area (Å²) >= 11 is 0. The Morgan fingerprint density at radius 3 is 2.35 bits per heavy atom. The third-order valence-electron chi connectivity index (χ3n) is 3.20. The predicted octanol–water partition coefficient (Wildman–Crippen LogP) is 3.65. The van der Waals surface area contributed by atoms with Crippen molar-refractivity contribution >= 4 is 23.3 Å². The third-order valence-corrected chi connectivity index (χ3v) is 3.20. The predicted molar refractivity (Wildman–Crippen MR) is 76.6 cm³/mol. The molecule has 2 nitrogen and oxygen atoms in total. The van der Waals surface area contributed by atoms with Gasteiger partial charge >= 0.3 is 0 Å². The van der Waals surface area contributed by atoms with Crippen molar-refractivity contribution in [2.24, 2.45) is 18.2 Å². The fraction of sp³-hybridized carbons (Fsp3) is 0.429. The van der Waals surface area contributed by atoms with Crippen LogP contribution in [-0.2, 0) is 7.05 Å². The number of rotatable bonds is 1. The lowest BCUT2D eigenvalue weighted by Crippen LogP contribution is -2.26. The fourth-order valence-electron chi connectivity index (χ4n) is 2.09. The minimum absolute atomic E-state index is 0. The molecule has 0 bridgehead atoms. The van der Waals surface area contributed by atoms with Crippen LogP contribution >= 0.6 is 12.4 Å². The van der Waals surface area contributed by atoms with E-state index in [1.165, 1.54) is 16.5 Å². The van der Waals surface area contributed by atoms with Gasteiger partial charge < -0.3 is 10.3 Å². The Hall–Kier alpha value is -0.990. The highest BCUT2D eigenvalue weighted by Crippen LogP contribution is 2.35. The number of nitrogens with two attached hydrogens (primary N) is 1. The van der Waals surface area contributed by atoms with Crippen molar-refractivity contribution in [1.29, 1.82) is 0 Å². The van der Waals surface area contributed by atoms with Crippen molar-refractivity contribution in [1.82, 2.24) is 4.57 Å². The summed E-state index contributed by atoms with van der Waals surface area (Å²) in [6.07, 6.45) is 2.15. The van der Waals surface area contributed by atoms with E-state index in [9.17, 15) is 0 Å². The van der Waals surface area contributed by atoms with Crippen molar-refractivity contribution in [2.75, 3.05) is 0 Å². The van der Waals surface area contributed by atoms with E-state index in [2.05, 4.69) is 62.8 Å². The molecule has 0 saturated heterocycles. The van der Waals surface area contributed by atoms with Crippen LogP contribution in [-0.4, -0.2) is 4.57 Å². The highest BCUT2D eigenvalue weighted by Gasteiger charge is 2.24. The monoisotopic (exact) mass is 252 g/mol. The molecule has 0 spiro atoms. The van der Waals surface area contributed by atoms with Crippen LogP contribution in [0.4, 0.5) is 0 Å². The van der Waals surface area contributed by atoms with Gasteiger partial charge in [-0.2, -0.15) is 0 Å². The summed E-state index contributed by atoms with van der Waals surface area (Å²) in [7, 11) is 2.07. The van der Waals surface area contributed by atoms with Gasteiger partial charge in [0, 0.05) is 30.2 Å². The lowest BCUT2D eigenvalue weighted by atomic mass is 9.83. The molecule has 2 aromatic rings. The van der Waals surface area contributed by atoms with Gasteiger partial charge in [-0.05, 0) is 17.0 Å². The zero-order valence-corrected chi connectivity index (χ0v) is 11.7. The second-order valence-electron chi connectivity index (χ2n) is 5.56. The van der Waals surface area contributed by atoms with Crippen LogP contribution in [0.15, 0.2) is 30.5 Å². The van der Waals surface area contributed by atoms with E-state index in [1.54, 1.807) is 0 Å². The smallest absolute Gasteiger partial charge is 0.0481 e. The molecule has 0 saturated carbocycles. The molecule has 1 atom stereocenters. The molecule has 1 aromatic carbocycles. The number of hydrogen-bond donors (Lipinski definition) is 1. The van der Waals surface area contributed by atoms with Crippen LogP contribution in [0.25, 0.3) is 10.9 Å². The first-order valence-corrected chi connectivity index (χ1v) is 5.71. The summed E-state index contributed by atoms with van der Waals surface area (Å²) in [6.45, 7) is 6.54. The number of halogens is 1. The van der Waals surface area contributed by atoms with Gasteiger partial charge in [-0.3, -0.25) is 0 Å². The average molecular weight is 253 g/mol. The van der Waals surface area contributed by atoms with Crippen molar-refractivity contribution in [3.63, 3.8) is 0 Å². The lowest BCUT2D eigenvalue weighted by molar-refractivity contribution is 0.328. The zero-order valence-electron chi connectivity index (χ0n) is 10.9. The van der Waals surface area contributed by atoms with Crippen LogP contribution < -0.4 is 5.73 Å². The van der Waals surface area contributed by atoms with E-state index in [-0.39, 0.29) is 23.9 Å². The Kier molecular flexibility index (Phi) is 3.90. The van der Waals surface area contributed by atoms with Crippen molar-refractivity contribution in [2.45, 2.75) is 26.8 Å². The van der Waals surface area contributed by atoms with E-state index >= 15 is 0 Å². The summed E-state index contributed by atoms with van der Waals surface area (Å²) in [4.78, 5) is 0. The van der Waals surface area contributed by atoms with Crippen LogP contribution in [0.5, 0.6) is 0 Å². The molecule has 0 fully saturated rings. The van der Waals surface area contributed by atoms with E-state index in [0.29, 0.717) is 0 Å². The van der Waals surface area contributed by atoms with Crippen LogP contribution in [0, 0.1) is 5.41 Å². The zero-order chi connectivity index (χ0) is 11.9. The number of aryl methyl sites for hydroxylation is 1. The molecule has 1 heterocycles. The normalized spacial score (nSPS) is 13.5. The summed E-state index contributed by atoms with van der Waals surface area (Å²) in [5, 5.41) is 1.27. The molecular weight excluding hydrogens is 232 g/mol. The van der Waals surface area contributed by atoms with Crippen molar-refractivity contribution in [3.05, 3.63) is 36.0 Å². The molecule has 17 heavy (non-hydrogen) atoms. The van der Waals surface area contributed by atoms with Crippen molar-refractivity contribution in [3.8, 4) is 0 Å². The first-order chi connectivity index (χ1) is 7.41. The van der Waals surface area contributed by atoms with E-state index in [4.69, 9.17) is 5.73 Å². The van der Waals surface area contributed by atoms with E-state index in [0.717, 1.165) is 0 Å². The maximum absolute atomic E-state index is 6.34. The SMILES string of the molecule is Cl.Cn1cc([C@@H](N)C(C)(C)C)c2ccccc21. The van der Waals surface area contributed by atoms with Gasteiger partial charge in [0.15, 0.2) is 0 Å². The second-order valence-corrected chi connectivity index (χ2v) is 5.56. The maximum atomic E-state index is 6.34. The number of para-hydroxylation sites is 1. The van der Waals surface area contributed by atoms with Crippen LogP contribution in [0.1, 0.15) is 32.4 Å². The van der Waals surface area contributed by atoms with Crippen LogP contribution in [0.2, 0.25) is 0 Å². The van der Waals surface area contributed by atoms with Gasteiger partial charge in [0.25, 0.3) is 0 Å². The fourth-order valence-corrected chi connectivity index (χ4v) is 2.09. The Morgan fingerprint density at radius 2 is 1.76 bits per heavy atom. The van der Waals surface area contributed by atoms with Gasteiger partial charge in [0.1, 0.15) is 0 Å². The largest absolute Gasteiger partial charge is 0.350 e. The highest BCUT2D eigenvalue weighted by atomic mass is 35.5. The number of hydrogen-bond acceptors (Lipinski definition) is 1. The molecule has 0 aliphatic carbocycles. The molecule has 2 rings (SSSR count). The minimum Gasteiger partial charge on any atom is -0.350 e. The molecular formula is C14H21ClN2. The number of nitrogens with zero attached hydrogens (tertiary/aromatic N) is 1. The Morgan fingerprint density at radius 1 is 1.18 bits per heavy atom. The van der Waals surface area contributed by atoms with E-state index in [1.807, 2.05) is 0 Å². The van der Waals surface area contributed by atoms with Gasteiger partial charge in [0.05, 0.1) is 0 Å². The summed E-state index contributed by atoms with van der Waals surface area (Å²) in [5.74, 6) is 0. The standard InChI is InChI=1S/C14H20N2.ClH/c1-14(2,3)13(15)11-9-16(4)12-8-6-5-7-10(11)12;/h5-9,13H,15H2,1-4H3;1H/t13-;/m1./s1. The summed E-state index contributed by atoms with van der Waals surface area (Å²) in [6, 6.07) is 8.49. The van der Waals surface area contributed by atoms with Gasteiger partial charge in [0.2, 0.25) is 0 Å². The molecule has 0 aliphatic heterocycles. The Balaban J connectivity index is 0.00000144. The molecule has 0 aliphatic rings. The van der Waals surface area contributed by atoms with E-state index < -0.39 is 0 Å².